The lowest BCUT2D eigenvalue weighted by Crippen LogP contribution is -2.20. The fraction of sp³-hybridized carbons (Fsp3) is 0.133. The molecule has 10 heteroatoms. The van der Waals surface area contributed by atoms with Gasteiger partial charge in [0.05, 0.1) is 11.1 Å². The van der Waals surface area contributed by atoms with Crippen molar-refractivity contribution >= 4 is 33.3 Å². The Labute approximate surface area is 146 Å². The van der Waals surface area contributed by atoms with Crippen molar-refractivity contribution < 1.29 is 31.1 Å². The molecule has 2 amide bonds. The Morgan fingerprint density at radius 1 is 0.800 bits per heavy atom. The van der Waals surface area contributed by atoms with Crippen molar-refractivity contribution in [3.63, 3.8) is 0 Å². The largest absolute Gasteiger partial charge is 0.416 e. The molecule has 0 fully saturated rings. The molecule has 134 valence electrons. The lowest BCUT2D eigenvalue weighted by molar-refractivity contribution is -0.138. The van der Waals surface area contributed by atoms with Gasteiger partial charge in [-0.25, -0.2) is 4.79 Å². The molecular weight excluding hydrogens is 418 g/mol. The normalized spacial score (nSPS) is 12.0. The summed E-state index contributed by atoms with van der Waals surface area (Å²) in [7, 11) is 0. The first-order valence-corrected chi connectivity index (χ1v) is 7.37. The molecule has 0 heterocycles. The molecule has 2 rings (SSSR count). The highest BCUT2D eigenvalue weighted by Gasteiger charge is 2.32. The third-order valence-electron chi connectivity index (χ3n) is 2.93. The van der Waals surface area contributed by atoms with Gasteiger partial charge >= 0.3 is 18.4 Å². The Morgan fingerprint density at radius 3 is 1.96 bits per heavy atom. The number of rotatable bonds is 2. The molecule has 2 aromatic carbocycles. The molecule has 2 N–H and O–H groups in total. The van der Waals surface area contributed by atoms with Gasteiger partial charge in [-0.1, -0.05) is 22.0 Å². The van der Waals surface area contributed by atoms with Gasteiger partial charge in [-0.2, -0.15) is 26.3 Å². The molecule has 0 aromatic heterocycles. The van der Waals surface area contributed by atoms with E-state index in [-0.39, 0.29) is 15.8 Å². The lowest BCUT2D eigenvalue weighted by Gasteiger charge is -2.13. The van der Waals surface area contributed by atoms with E-state index in [2.05, 4.69) is 26.6 Å². The number of carbonyl (C=O) groups is 1. The van der Waals surface area contributed by atoms with Crippen molar-refractivity contribution in [3.05, 3.63) is 58.1 Å². The summed E-state index contributed by atoms with van der Waals surface area (Å²) in [6.07, 6.45) is -9.20. The second kappa shape index (κ2) is 6.95. The van der Waals surface area contributed by atoms with Crippen LogP contribution in [0.1, 0.15) is 11.1 Å². The average molecular weight is 427 g/mol. The Hall–Kier alpha value is -2.23. The van der Waals surface area contributed by atoms with Crippen LogP contribution >= 0.6 is 15.9 Å². The van der Waals surface area contributed by atoms with Crippen LogP contribution in [0.4, 0.5) is 42.5 Å². The van der Waals surface area contributed by atoms with E-state index < -0.39 is 29.5 Å². The van der Waals surface area contributed by atoms with Crippen LogP contribution in [-0.2, 0) is 12.4 Å². The number of amides is 2. The highest BCUT2D eigenvalue weighted by atomic mass is 79.9. The number of hydrogen-bond acceptors (Lipinski definition) is 1. The van der Waals surface area contributed by atoms with E-state index >= 15 is 0 Å². The number of alkyl halides is 6. The summed E-state index contributed by atoms with van der Waals surface area (Å²) in [5, 5.41) is 4.27. The van der Waals surface area contributed by atoms with Crippen LogP contribution in [0.15, 0.2) is 46.9 Å². The van der Waals surface area contributed by atoms with Crippen LogP contribution < -0.4 is 10.6 Å². The number of carbonyl (C=O) groups excluding carboxylic acids is 1. The van der Waals surface area contributed by atoms with Gasteiger partial charge in [-0.05, 0) is 36.4 Å². The van der Waals surface area contributed by atoms with Crippen molar-refractivity contribution in [1.29, 1.82) is 0 Å². The summed E-state index contributed by atoms with van der Waals surface area (Å²) in [6, 6.07) is 5.63. The minimum Gasteiger partial charge on any atom is -0.308 e. The fourth-order valence-electron chi connectivity index (χ4n) is 1.89. The van der Waals surface area contributed by atoms with Gasteiger partial charge in [0.15, 0.2) is 0 Å². The summed E-state index contributed by atoms with van der Waals surface area (Å²) < 4.78 is 76.1. The molecule has 0 unspecified atom stereocenters. The van der Waals surface area contributed by atoms with Gasteiger partial charge in [-0.3, -0.25) is 0 Å². The van der Waals surface area contributed by atoms with Crippen molar-refractivity contribution in [1.82, 2.24) is 0 Å². The van der Waals surface area contributed by atoms with Gasteiger partial charge in [0, 0.05) is 15.8 Å². The first-order chi connectivity index (χ1) is 11.4. The highest BCUT2D eigenvalue weighted by Crippen LogP contribution is 2.33. The number of benzene rings is 2. The van der Waals surface area contributed by atoms with E-state index in [0.717, 1.165) is 18.2 Å². The molecule has 3 nitrogen and oxygen atoms in total. The summed E-state index contributed by atoms with van der Waals surface area (Å²) in [5.41, 5.74) is -2.28. The van der Waals surface area contributed by atoms with E-state index in [1.54, 1.807) is 0 Å². The monoisotopic (exact) mass is 426 g/mol. The van der Waals surface area contributed by atoms with Gasteiger partial charge in [0.1, 0.15) is 0 Å². The Bertz CT molecular complexity index is 788. The molecule has 0 aliphatic rings. The summed E-state index contributed by atoms with van der Waals surface area (Å²) in [5.74, 6) is 0. The molecule has 0 atom stereocenters. The molecule has 0 saturated carbocycles. The van der Waals surface area contributed by atoms with Crippen molar-refractivity contribution in [2.45, 2.75) is 12.4 Å². The van der Waals surface area contributed by atoms with Crippen LogP contribution in [-0.4, -0.2) is 6.03 Å². The zero-order valence-electron chi connectivity index (χ0n) is 12.1. The van der Waals surface area contributed by atoms with E-state index in [1.807, 2.05) is 0 Å². The molecule has 0 aliphatic carbocycles. The van der Waals surface area contributed by atoms with E-state index in [1.165, 1.54) is 12.1 Å². The average Bonchev–Trinajstić information content (AvgIpc) is 2.44. The van der Waals surface area contributed by atoms with Crippen LogP contribution in [0, 0.1) is 0 Å². The molecule has 2 aromatic rings. The standard InChI is InChI=1S/C15H9BrF6N2O/c16-10-4-9(15(20,21)22)6-12(7-10)24-13(25)23-11-3-1-2-8(5-11)14(17,18)19/h1-7H,(H2,23,24,25). The highest BCUT2D eigenvalue weighted by molar-refractivity contribution is 9.10. The predicted molar refractivity (Wildman–Crippen MR) is 83.2 cm³/mol. The van der Waals surface area contributed by atoms with E-state index in [4.69, 9.17) is 0 Å². The summed E-state index contributed by atoms with van der Waals surface area (Å²) in [6.45, 7) is 0. The smallest absolute Gasteiger partial charge is 0.308 e. The first kappa shape index (κ1) is 19.1. The van der Waals surface area contributed by atoms with Crippen molar-refractivity contribution in [3.8, 4) is 0 Å². The molecule has 0 aliphatic heterocycles. The van der Waals surface area contributed by atoms with E-state index in [9.17, 15) is 31.1 Å². The van der Waals surface area contributed by atoms with Gasteiger partial charge in [-0.15, -0.1) is 0 Å². The van der Waals surface area contributed by atoms with E-state index in [0.29, 0.717) is 12.1 Å². The molecule has 0 spiro atoms. The molecule has 25 heavy (non-hydrogen) atoms. The minimum absolute atomic E-state index is 0.0803. The Morgan fingerprint density at radius 2 is 1.36 bits per heavy atom. The summed E-state index contributed by atoms with van der Waals surface area (Å²) in [4.78, 5) is 11.8. The lowest BCUT2D eigenvalue weighted by atomic mass is 10.2. The second-order valence-electron chi connectivity index (χ2n) is 4.88. The maximum atomic E-state index is 12.7. The molecule has 0 saturated heterocycles. The first-order valence-electron chi connectivity index (χ1n) is 6.58. The van der Waals surface area contributed by atoms with Gasteiger partial charge < -0.3 is 10.6 Å². The van der Waals surface area contributed by atoms with Crippen LogP contribution in [0.25, 0.3) is 0 Å². The molecule has 0 radical (unpaired) electrons. The Kier molecular flexibility index (Phi) is 5.31. The predicted octanol–water partition coefficient (Wildman–Crippen LogP) is 6.13. The number of nitrogens with one attached hydrogen (secondary N) is 2. The van der Waals surface area contributed by atoms with Crippen molar-refractivity contribution in [2.75, 3.05) is 10.6 Å². The van der Waals surface area contributed by atoms with Gasteiger partial charge in [0.25, 0.3) is 0 Å². The Balaban J connectivity index is 2.15. The quantitative estimate of drug-likeness (QED) is 0.557. The minimum atomic E-state index is -4.61. The SMILES string of the molecule is O=C(Nc1cccc(C(F)(F)F)c1)Nc1cc(Br)cc(C(F)(F)F)c1. The van der Waals surface area contributed by atoms with Crippen LogP contribution in [0.2, 0.25) is 0 Å². The second-order valence-corrected chi connectivity index (χ2v) is 5.80. The zero-order chi connectivity index (χ0) is 18.8. The maximum Gasteiger partial charge on any atom is 0.416 e. The van der Waals surface area contributed by atoms with Crippen LogP contribution in [0.3, 0.4) is 0 Å². The zero-order valence-corrected chi connectivity index (χ0v) is 13.7. The third-order valence-corrected chi connectivity index (χ3v) is 3.39. The van der Waals surface area contributed by atoms with Crippen molar-refractivity contribution in [2.24, 2.45) is 0 Å². The number of urea groups is 1. The number of anilines is 2. The number of halogens is 7. The maximum absolute atomic E-state index is 12.7. The topological polar surface area (TPSA) is 41.1 Å². The van der Waals surface area contributed by atoms with Gasteiger partial charge in [0.2, 0.25) is 0 Å². The molecular formula is C15H9BrF6N2O. The van der Waals surface area contributed by atoms with Crippen LogP contribution in [0.5, 0.6) is 0 Å². The number of hydrogen-bond donors (Lipinski definition) is 2. The molecule has 0 bridgehead atoms. The summed E-state index contributed by atoms with van der Waals surface area (Å²) >= 11 is 2.90. The third kappa shape index (κ3) is 5.38. The fourth-order valence-corrected chi connectivity index (χ4v) is 2.39.